The molecule has 0 heterocycles. The minimum absolute atomic E-state index is 0.0880. The number of anilines is 3. The van der Waals surface area contributed by atoms with Gasteiger partial charge in [-0.3, -0.25) is 14.4 Å². The van der Waals surface area contributed by atoms with Gasteiger partial charge in [0.05, 0.1) is 24.6 Å². The van der Waals surface area contributed by atoms with Crippen LogP contribution in [0.25, 0.3) is 0 Å². The number of methoxy groups -OCH3 is 1. The van der Waals surface area contributed by atoms with Gasteiger partial charge in [0, 0.05) is 23.4 Å². The Kier molecular flexibility index (Phi) is 12.4. The Bertz CT molecular complexity index is 1560. The first kappa shape index (κ1) is 36.9. The van der Waals surface area contributed by atoms with Crippen LogP contribution in [0.3, 0.4) is 0 Å². The number of amides is 4. The third-order valence-electron chi connectivity index (χ3n) is 6.84. The summed E-state index contributed by atoms with van der Waals surface area (Å²) in [5, 5.41) is 10.9. The van der Waals surface area contributed by atoms with Crippen molar-refractivity contribution >= 4 is 52.1 Å². The number of benzene rings is 3. The lowest BCUT2D eigenvalue weighted by molar-refractivity contribution is -0.118. The fraction of sp³-hybridized carbons (Fsp3) is 0.371. The van der Waals surface area contributed by atoms with Gasteiger partial charge in [-0.05, 0) is 86.3 Å². The van der Waals surface area contributed by atoms with Crippen LogP contribution in [0.2, 0.25) is 0 Å². The number of hydrogen-bond acceptors (Lipinski definition) is 7. The van der Waals surface area contributed by atoms with E-state index in [1.165, 1.54) is 24.5 Å². The van der Waals surface area contributed by atoms with Crippen LogP contribution in [-0.4, -0.2) is 59.1 Å². The number of carbonyl (C=O) groups excluding carboxylic acids is 4. The summed E-state index contributed by atoms with van der Waals surface area (Å²) >= 11 is -1.22. The van der Waals surface area contributed by atoms with Crippen molar-refractivity contribution in [3.8, 4) is 5.75 Å². The van der Waals surface area contributed by atoms with Crippen LogP contribution >= 0.6 is 0 Å². The lowest BCUT2D eigenvalue weighted by atomic mass is 9.86. The highest BCUT2D eigenvalue weighted by molar-refractivity contribution is 7.90. The van der Waals surface area contributed by atoms with Crippen molar-refractivity contribution in [1.29, 1.82) is 0 Å². The molecule has 0 aliphatic heterocycles. The molecule has 12 heteroatoms. The van der Waals surface area contributed by atoms with E-state index in [0.29, 0.717) is 17.0 Å². The van der Waals surface area contributed by atoms with E-state index < -0.39 is 46.6 Å². The van der Waals surface area contributed by atoms with Crippen molar-refractivity contribution in [1.82, 2.24) is 5.32 Å². The molecule has 3 aromatic rings. The van der Waals surface area contributed by atoms with Crippen LogP contribution < -0.4 is 26.0 Å². The van der Waals surface area contributed by atoms with Gasteiger partial charge in [-0.25, -0.2) is 4.79 Å². The van der Waals surface area contributed by atoms with Gasteiger partial charge in [0.2, 0.25) is 5.91 Å². The smallest absolute Gasteiger partial charge is 0.408 e. The lowest BCUT2D eigenvalue weighted by Gasteiger charge is -2.23. The molecular weight excluding hydrogens is 620 g/mol. The van der Waals surface area contributed by atoms with Gasteiger partial charge in [-0.1, -0.05) is 44.1 Å². The van der Waals surface area contributed by atoms with E-state index in [2.05, 4.69) is 42.0 Å². The molecule has 0 saturated heterocycles. The average molecular weight is 665 g/mol. The van der Waals surface area contributed by atoms with Crippen molar-refractivity contribution in [3.63, 3.8) is 0 Å². The third kappa shape index (κ3) is 11.6. The molecule has 4 amide bonds. The quantitative estimate of drug-likeness (QED) is 0.180. The van der Waals surface area contributed by atoms with Crippen LogP contribution in [0.15, 0.2) is 66.7 Å². The Labute approximate surface area is 279 Å². The summed E-state index contributed by atoms with van der Waals surface area (Å²) in [7, 11) is 1.54. The second kappa shape index (κ2) is 15.8. The zero-order valence-corrected chi connectivity index (χ0v) is 28.9. The second-order valence-corrected chi connectivity index (χ2v) is 14.5. The van der Waals surface area contributed by atoms with E-state index >= 15 is 0 Å². The number of alkyl carbamates (subject to hydrolysis) is 1. The Morgan fingerprint density at radius 2 is 1.43 bits per heavy atom. The first-order valence-corrected chi connectivity index (χ1v) is 16.8. The van der Waals surface area contributed by atoms with Gasteiger partial charge in [-0.2, -0.15) is 0 Å². The zero-order chi connectivity index (χ0) is 34.9. The first-order valence-electron chi connectivity index (χ1n) is 15.1. The predicted octanol–water partition coefficient (Wildman–Crippen LogP) is 6.10. The van der Waals surface area contributed by atoms with Crippen molar-refractivity contribution in [2.45, 2.75) is 65.0 Å². The summed E-state index contributed by atoms with van der Waals surface area (Å²) in [6.07, 6.45) is 0.796. The summed E-state index contributed by atoms with van der Waals surface area (Å²) in [5.41, 5.74) is 1.59. The van der Waals surface area contributed by atoms with E-state index in [1.807, 2.05) is 12.1 Å². The SMILES string of the molecule is COc1ccc(NC(=O)c2ccc(NC(=O)[C@H](CC[S+](C)[O-])NC(=O)OC(C)(C)C)cc2NC(=O)c2ccc(C(C)(C)C)cc2)cc1. The fourth-order valence-electron chi connectivity index (χ4n) is 4.34. The molecule has 11 nitrogen and oxygen atoms in total. The highest BCUT2D eigenvalue weighted by Crippen LogP contribution is 2.26. The van der Waals surface area contributed by atoms with Gasteiger partial charge in [0.1, 0.15) is 23.1 Å². The van der Waals surface area contributed by atoms with Crippen LogP contribution in [0.4, 0.5) is 21.9 Å². The van der Waals surface area contributed by atoms with Gasteiger partial charge in [-0.15, -0.1) is 0 Å². The fourth-order valence-corrected chi connectivity index (χ4v) is 4.91. The van der Waals surface area contributed by atoms with E-state index in [1.54, 1.807) is 64.3 Å². The average Bonchev–Trinajstić information content (AvgIpc) is 2.98. The minimum atomic E-state index is -1.22. The van der Waals surface area contributed by atoms with E-state index in [4.69, 9.17) is 9.47 Å². The summed E-state index contributed by atoms with van der Waals surface area (Å²) in [5.74, 6) is -0.762. The Balaban J connectivity index is 1.91. The number of hydrogen-bond donors (Lipinski definition) is 4. The predicted molar refractivity (Wildman–Crippen MR) is 186 cm³/mol. The van der Waals surface area contributed by atoms with Crippen LogP contribution in [-0.2, 0) is 26.1 Å². The number of carbonyl (C=O) groups is 4. The molecule has 3 rings (SSSR count). The largest absolute Gasteiger partial charge is 0.617 e. The summed E-state index contributed by atoms with van der Waals surface area (Å²) < 4.78 is 22.3. The molecule has 2 atom stereocenters. The highest BCUT2D eigenvalue weighted by Gasteiger charge is 2.26. The second-order valence-electron chi connectivity index (χ2n) is 13.0. The number of ether oxygens (including phenoxy) is 2. The lowest BCUT2D eigenvalue weighted by Crippen LogP contribution is -2.46. The molecule has 0 fully saturated rings. The van der Waals surface area contributed by atoms with Crippen molar-refractivity contribution in [2.75, 3.05) is 35.1 Å². The van der Waals surface area contributed by atoms with E-state index in [9.17, 15) is 23.7 Å². The topological polar surface area (TPSA) is 158 Å². The molecule has 0 aromatic heterocycles. The molecule has 0 aliphatic rings. The van der Waals surface area contributed by atoms with E-state index in [0.717, 1.165) is 5.56 Å². The molecule has 1 unspecified atom stereocenters. The molecule has 0 aliphatic carbocycles. The van der Waals surface area contributed by atoms with Gasteiger partial charge < -0.3 is 35.3 Å². The molecule has 0 spiro atoms. The summed E-state index contributed by atoms with van der Waals surface area (Å²) in [4.78, 5) is 52.6. The molecule has 47 heavy (non-hydrogen) atoms. The summed E-state index contributed by atoms with van der Waals surface area (Å²) in [6.45, 7) is 11.3. The van der Waals surface area contributed by atoms with Crippen molar-refractivity contribution in [2.24, 2.45) is 0 Å². The Morgan fingerprint density at radius 1 is 0.809 bits per heavy atom. The number of nitrogens with one attached hydrogen (secondary N) is 4. The van der Waals surface area contributed by atoms with Gasteiger partial charge >= 0.3 is 6.09 Å². The molecule has 3 aromatic carbocycles. The third-order valence-corrected chi connectivity index (χ3v) is 7.65. The van der Waals surface area contributed by atoms with Gasteiger partial charge in [0.15, 0.2) is 0 Å². The van der Waals surface area contributed by atoms with Crippen LogP contribution in [0, 0.1) is 0 Å². The first-order chi connectivity index (χ1) is 21.9. The Hall–Kier alpha value is -4.55. The highest BCUT2D eigenvalue weighted by atomic mass is 32.2. The molecular formula is C35H44N4O7S. The van der Waals surface area contributed by atoms with Crippen molar-refractivity contribution < 1.29 is 33.2 Å². The molecule has 0 saturated carbocycles. The van der Waals surface area contributed by atoms with Crippen LogP contribution in [0.5, 0.6) is 5.75 Å². The van der Waals surface area contributed by atoms with Crippen molar-refractivity contribution in [3.05, 3.63) is 83.4 Å². The van der Waals surface area contributed by atoms with E-state index in [-0.39, 0.29) is 34.5 Å². The summed E-state index contributed by atoms with van der Waals surface area (Å²) in [6, 6.07) is 17.3. The normalized spacial score (nSPS) is 12.7. The minimum Gasteiger partial charge on any atom is -0.617 e. The molecule has 4 N–H and O–H groups in total. The Morgan fingerprint density at radius 3 is 1.98 bits per heavy atom. The molecule has 252 valence electrons. The maximum Gasteiger partial charge on any atom is 0.408 e. The number of rotatable bonds is 11. The maximum atomic E-state index is 13.4. The standard InChI is InChI=1S/C35H44N4O7S/c1-34(2,3)23-11-9-22(10-12-23)30(40)38-29-21-25(15-18-27(29)31(41)36-24-13-16-26(45-7)17-14-24)37-32(42)28(19-20-47(8)44)39-33(43)46-35(4,5)6/h9-18,21,28H,19-20H2,1-8H3,(H,36,41)(H,37,42)(H,38,40)(H,39,43)/t28-,47?/m0/s1. The maximum absolute atomic E-state index is 13.4. The molecule has 0 radical (unpaired) electrons. The van der Waals surface area contributed by atoms with Gasteiger partial charge in [0.25, 0.3) is 11.8 Å². The molecule has 0 bridgehead atoms. The zero-order valence-electron chi connectivity index (χ0n) is 28.1. The monoisotopic (exact) mass is 664 g/mol. The van der Waals surface area contributed by atoms with Crippen LogP contribution in [0.1, 0.15) is 74.2 Å².